The lowest BCUT2D eigenvalue weighted by Crippen LogP contribution is -2.26. The Hall–Kier alpha value is -0.380. The summed E-state index contributed by atoms with van der Waals surface area (Å²) in [6, 6.07) is 7.35. The fourth-order valence-electron chi connectivity index (χ4n) is 1.11. The van der Waals surface area contributed by atoms with Gasteiger partial charge in [0, 0.05) is 5.54 Å². The molecule has 0 spiro atoms. The van der Waals surface area contributed by atoms with Gasteiger partial charge in [0.15, 0.2) is 15.6 Å². The van der Waals surface area contributed by atoms with Gasteiger partial charge in [0.05, 0.1) is 5.69 Å². The van der Waals surface area contributed by atoms with E-state index in [1.807, 2.05) is 39.0 Å². The van der Waals surface area contributed by atoms with Crippen LogP contribution in [0.5, 0.6) is 0 Å². The second-order valence-electron chi connectivity index (χ2n) is 4.09. The van der Waals surface area contributed by atoms with E-state index < -0.39 is 10.4 Å². The van der Waals surface area contributed by atoms with Gasteiger partial charge in [0.25, 0.3) is 0 Å². The lowest BCUT2D eigenvalue weighted by Gasteiger charge is -2.22. The molecule has 1 aromatic carbocycles. The van der Waals surface area contributed by atoms with Crippen molar-refractivity contribution >= 4 is 26.8 Å². The summed E-state index contributed by atoms with van der Waals surface area (Å²) in [4.78, 5) is 0.629. The number of halogens is 1. The van der Waals surface area contributed by atoms with Gasteiger partial charge in [-0.2, -0.15) is 0 Å². The molecule has 1 aromatic rings. The van der Waals surface area contributed by atoms with Crippen LogP contribution in [-0.2, 0) is 10.4 Å². The minimum Gasteiger partial charge on any atom is -0.594 e. The summed E-state index contributed by atoms with van der Waals surface area (Å²) in [5.74, 6) is 0. The molecule has 0 aliphatic carbocycles. The van der Waals surface area contributed by atoms with Gasteiger partial charge in [0.2, 0.25) is 0 Å². The average molecular weight is 232 g/mol. The monoisotopic (exact) mass is 231 g/mol. The van der Waals surface area contributed by atoms with Crippen molar-refractivity contribution in [2.75, 3.05) is 5.32 Å². The number of para-hydroxylation sites is 1. The summed E-state index contributed by atoms with van der Waals surface area (Å²) in [7, 11) is 4.10. The van der Waals surface area contributed by atoms with Gasteiger partial charge in [-0.05, 0) is 32.9 Å². The maximum absolute atomic E-state index is 11.2. The molecule has 1 atom stereocenters. The van der Waals surface area contributed by atoms with Crippen molar-refractivity contribution < 1.29 is 4.55 Å². The highest BCUT2D eigenvalue weighted by Gasteiger charge is 2.18. The SMILES string of the molecule is CC(C)(C)Nc1ccccc1[S+]([O-])Cl. The van der Waals surface area contributed by atoms with Crippen LogP contribution < -0.4 is 5.32 Å². The van der Waals surface area contributed by atoms with Crippen molar-refractivity contribution in [2.45, 2.75) is 31.2 Å². The fraction of sp³-hybridized carbons (Fsp3) is 0.400. The summed E-state index contributed by atoms with van der Waals surface area (Å²) in [6.07, 6.45) is 0. The minimum absolute atomic E-state index is 0.0631. The van der Waals surface area contributed by atoms with Crippen LogP contribution in [0, 0.1) is 0 Å². The second-order valence-corrected chi connectivity index (χ2v) is 5.82. The Balaban J connectivity index is 2.96. The molecule has 1 N–H and O–H groups in total. The molecule has 1 unspecified atom stereocenters. The van der Waals surface area contributed by atoms with E-state index in [0.717, 1.165) is 5.69 Å². The van der Waals surface area contributed by atoms with Crippen LogP contribution in [0.4, 0.5) is 5.69 Å². The van der Waals surface area contributed by atoms with E-state index >= 15 is 0 Å². The van der Waals surface area contributed by atoms with Crippen LogP contribution in [0.25, 0.3) is 0 Å². The molecular formula is C10H14ClNOS. The Morgan fingerprint density at radius 2 is 1.86 bits per heavy atom. The van der Waals surface area contributed by atoms with E-state index in [1.165, 1.54) is 0 Å². The lowest BCUT2D eigenvalue weighted by atomic mass is 10.1. The molecule has 0 saturated heterocycles. The molecule has 14 heavy (non-hydrogen) atoms. The third kappa shape index (κ3) is 3.40. The van der Waals surface area contributed by atoms with E-state index in [-0.39, 0.29) is 5.54 Å². The highest BCUT2D eigenvalue weighted by molar-refractivity contribution is 8.13. The Kier molecular flexibility index (Phi) is 3.70. The van der Waals surface area contributed by atoms with Crippen molar-refractivity contribution in [3.05, 3.63) is 24.3 Å². The molecule has 0 fully saturated rings. The van der Waals surface area contributed by atoms with Gasteiger partial charge in [-0.25, -0.2) is 0 Å². The molecule has 0 heterocycles. The predicted octanol–water partition coefficient (Wildman–Crippen LogP) is 3.16. The lowest BCUT2D eigenvalue weighted by molar-refractivity contribution is 0.606. The first kappa shape index (κ1) is 11.7. The first-order valence-electron chi connectivity index (χ1n) is 4.35. The Bertz CT molecular complexity index is 309. The molecular weight excluding hydrogens is 218 g/mol. The van der Waals surface area contributed by atoms with Crippen molar-refractivity contribution in [2.24, 2.45) is 0 Å². The molecule has 0 saturated carbocycles. The number of hydrogen-bond acceptors (Lipinski definition) is 2. The topological polar surface area (TPSA) is 35.1 Å². The Morgan fingerprint density at radius 3 is 2.36 bits per heavy atom. The van der Waals surface area contributed by atoms with Gasteiger partial charge in [0.1, 0.15) is 10.4 Å². The van der Waals surface area contributed by atoms with Gasteiger partial charge in [-0.3, -0.25) is 0 Å². The number of rotatable bonds is 2. The van der Waals surface area contributed by atoms with E-state index in [0.29, 0.717) is 4.90 Å². The van der Waals surface area contributed by atoms with Crippen LogP contribution >= 0.6 is 10.7 Å². The third-order valence-corrected chi connectivity index (χ3v) is 2.77. The molecule has 0 aliphatic heterocycles. The minimum atomic E-state index is -1.47. The normalized spacial score (nSPS) is 13.8. The Morgan fingerprint density at radius 1 is 1.29 bits per heavy atom. The van der Waals surface area contributed by atoms with Crippen LogP contribution in [0.15, 0.2) is 29.2 Å². The zero-order chi connectivity index (χ0) is 10.8. The summed E-state index contributed by atoms with van der Waals surface area (Å²) >= 11 is 0. The maximum atomic E-state index is 11.2. The molecule has 0 bridgehead atoms. The second kappa shape index (κ2) is 4.43. The van der Waals surface area contributed by atoms with Crippen molar-refractivity contribution in [1.82, 2.24) is 0 Å². The van der Waals surface area contributed by atoms with Crippen LogP contribution in [0.1, 0.15) is 20.8 Å². The van der Waals surface area contributed by atoms with Crippen LogP contribution in [-0.4, -0.2) is 10.1 Å². The maximum Gasteiger partial charge on any atom is 0.195 e. The van der Waals surface area contributed by atoms with E-state index in [9.17, 15) is 4.55 Å². The van der Waals surface area contributed by atoms with E-state index in [4.69, 9.17) is 10.7 Å². The van der Waals surface area contributed by atoms with Gasteiger partial charge in [-0.15, -0.1) is 0 Å². The molecule has 0 aromatic heterocycles. The van der Waals surface area contributed by atoms with E-state index in [2.05, 4.69) is 5.32 Å². The van der Waals surface area contributed by atoms with E-state index in [1.54, 1.807) is 6.07 Å². The molecule has 0 aliphatic rings. The van der Waals surface area contributed by atoms with Gasteiger partial charge in [-0.1, -0.05) is 12.1 Å². The number of benzene rings is 1. The molecule has 0 radical (unpaired) electrons. The smallest absolute Gasteiger partial charge is 0.195 e. The number of hydrogen-bond donors (Lipinski definition) is 1. The van der Waals surface area contributed by atoms with Gasteiger partial charge < -0.3 is 9.87 Å². The number of nitrogens with one attached hydrogen (secondary N) is 1. The molecule has 4 heteroatoms. The zero-order valence-corrected chi connectivity index (χ0v) is 10.1. The summed E-state index contributed by atoms with van der Waals surface area (Å²) < 4.78 is 11.2. The van der Waals surface area contributed by atoms with Crippen LogP contribution in [0.2, 0.25) is 0 Å². The first-order valence-corrected chi connectivity index (χ1v) is 6.33. The predicted molar refractivity (Wildman–Crippen MR) is 62.1 cm³/mol. The zero-order valence-electron chi connectivity index (χ0n) is 8.50. The Labute approximate surface area is 92.3 Å². The average Bonchev–Trinajstić information content (AvgIpc) is 2.01. The molecule has 0 amide bonds. The standard InChI is InChI=1S/C10H14ClNOS/c1-10(2,3)12-8-6-4-5-7-9(8)14(11)13/h4-7,12H,1-3H3. The van der Waals surface area contributed by atoms with Crippen LogP contribution in [0.3, 0.4) is 0 Å². The molecule has 1 rings (SSSR count). The molecule has 78 valence electrons. The summed E-state index contributed by atoms with van der Waals surface area (Å²) in [6.45, 7) is 6.13. The van der Waals surface area contributed by atoms with Crippen molar-refractivity contribution in [3.8, 4) is 0 Å². The van der Waals surface area contributed by atoms with Gasteiger partial charge >= 0.3 is 0 Å². The van der Waals surface area contributed by atoms with Crippen molar-refractivity contribution in [1.29, 1.82) is 0 Å². The largest absolute Gasteiger partial charge is 0.594 e. The quantitative estimate of drug-likeness (QED) is 0.794. The first-order chi connectivity index (χ1) is 6.40. The number of anilines is 1. The molecule has 2 nitrogen and oxygen atoms in total. The highest BCUT2D eigenvalue weighted by Crippen LogP contribution is 2.26. The summed E-state index contributed by atoms with van der Waals surface area (Å²) in [5, 5.41) is 3.25. The highest BCUT2D eigenvalue weighted by atomic mass is 35.7. The van der Waals surface area contributed by atoms with Crippen molar-refractivity contribution in [3.63, 3.8) is 0 Å². The fourth-order valence-corrected chi connectivity index (χ4v) is 2.00. The summed E-state index contributed by atoms with van der Waals surface area (Å²) in [5.41, 5.74) is 0.764. The third-order valence-electron chi connectivity index (χ3n) is 1.57.